The maximum Gasteiger partial charge on any atom is 0.164 e. The van der Waals surface area contributed by atoms with Crippen LogP contribution in [0.3, 0.4) is 0 Å². The molecule has 0 aliphatic heterocycles. The number of rotatable bonds is 2. The van der Waals surface area contributed by atoms with Crippen molar-refractivity contribution in [2.24, 2.45) is 0 Å². The zero-order valence-corrected chi connectivity index (χ0v) is 14.9. The summed E-state index contributed by atoms with van der Waals surface area (Å²) in [5.41, 5.74) is 1.59. The molecule has 0 atom stereocenters. The van der Waals surface area contributed by atoms with E-state index in [1.165, 1.54) is 12.8 Å². The van der Waals surface area contributed by atoms with Gasteiger partial charge < -0.3 is 0 Å². The Bertz CT molecular complexity index is 665. The Hall–Kier alpha value is -0.350. The van der Waals surface area contributed by atoms with Gasteiger partial charge in [0.25, 0.3) is 0 Å². The predicted octanol–water partition coefficient (Wildman–Crippen LogP) is 6.52. The molecule has 110 valence electrons. The highest BCUT2D eigenvalue weighted by molar-refractivity contribution is 9.10. The Morgan fingerprint density at radius 3 is 2.24 bits per heavy atom. The van der Waals surface area contributed by atoms with Gasteiger partial charge in [-0.05, 0) is 40.9 Å². The fourth-order valence-corrected chi connectivity index (χ4v) is 3.97. The summed E-state index contributed by atoms with van der Waals surface area (Å²) in [6, 6.07) is 5.35. The highest BCUT2D eigenvalue weighted by atomic mass is 79.9. The van der Waals surface area contributed by atoms with Crippen LogP contribution in [-0.2, 0) is 0 Å². The summed E-state index contributed by atoms with van der Waals surface area (Å²) in [4.78, 5) is 9.03. The SMILES string of the molecule is Clc1cccc(Cl)c1-c1nc(Cl)c(Br)c(C2CCCC2)n1. The van der Waals surface area contributed by atoms with Gasteiger partial charge in [-0.3, -0.25) is 0 Å². The van der Waals surface area contributed by atoms with Crippen LogP contribution in [-0.4, -0.2) is 9.97 Å². The summed E-state index contributed by atoms with van der Waals surface area (Å²) >= 11 is 22.3. The molecular weight excluding hydrogens is 394 g/mol. The van der Waals surface area contributed by atoms with Crippen molar-refractivity contribution in [3.63, 3.8) is 0 Å². The fourth-order valence-electron chi connectivity index (χ4n) is 2.73. The van der Waals surface area contributed by atoms with Gasteiger partial charge in [-0.25, -0.2) is 9.97 Å². The summed E-state index contributed by atoms with van der Waals surface area (Å²) in [5, 5.41) is 1.45. The Morgan fingerprint density at radius 2 is 1.62 bits per heavy atom. The molecule has 0 unspecified atom stereocenters. The average Bonchev–Trinajstić information content (AvgIpc) is 2.96. The van der Waals surface area contributed by atoms with Crippen LogP contribution in [0.4, 0.5) is 0 Å². The lowest BCUT2D eigenvalue weighted by molar-refractivity contribution is 0.691. The van der Waals surface area contributed by atoms with Crippen LogP contribution in [0.2, 0.25) is 15.2 Å². The molecule has 1 fully saturated rings. The van der Waals surface area contributed by atoms with Gasteiger partial charge in [0, 0.05) is 5.92 Å². The van der Waals surface area contributed by atoms with Gasteiger partial charge >= 0.3 is 0 Å². The van der Waals surface area contributed by atoms with Crippen molar-refractivity contribution in [3.05, 3.63) is 43.6 Å². The fraction of sp³-hybridized carbons (Fsp3) is 0.333. The monoisotopic (exact) mass is 404 g/mol. The van der Waals surface area contributed by atoms with Crippen LogP contribution in [0.5, 0.6) is 0 Å². The van der Waals surface area contributed by atoms with Gasteiger partial charge in [0.1, 0.15) is 5.15 Å². The molecular formula is C15H12BrCl3N2. The molecule has 1 aromatic carbocycles. The lowest BCUT2D eigenvalue weighted by Gasteiger charge is -2.14. The molecule has 1 aliphatic rings. The van der Waals surface area contributed by atoms with E-state index in [2.05, 4.69) is 20.9 Å². The van der Waals surface area contributed by atoms with Crippen molar-refractivity contribution in [1.82, 2.24) is 9.97 Å². The lowest BCUT2D eigenvalue weighted by Crippen LogP contribution is -2.03. The van der Waals surface area contributed by atoms with Crippen molar-refractivity contribution in [2.45, 2.75) is 31.6 Å². The van der Waals surface area contributed by atoms with Gasteiger partial charge in [0.2, 0.25) is 0 Å². The molecule has 0 bridgehead atoms. The highest BCUT2D eigenvalue weighted by Crippen LogP contribution is 2.41. The van der Waals surface area contributed by atoms with Crippen molar-refractivity contribution in [1.29, 1.82) is 0 Å². The Kier molecular flexibility index (Phi) is 4.75. The summed E-state index contributed by atoms with van der Waals surface area (Å²) in [7, 11) is 0. The first kappa shape index (κ1) is 15.5. The summed E-state index contributed by atoms with van der Waals surface area (Å²) < 4.78 is 0.781. The molecule has 1 heterocycles. The number of benzene rings is 1. The van der Waals surface area contributed by atoms with Crippen molar-refractivity contribution in [3.8, 4) is 11.4 Å². The zero-order valence-electron chi connectivity index (χ0n) is 11.0. The highest BCUT2D eigenvalue weighted by Gasteiger charge is 2.24. The van der Waals surface area contributed by atoms with Gasteiger partial charge in [-0.2, -0.15) is 0 Å². The van der Waals surface area contributed by atoms with E-state index in [0.29, 0.717) is 32.5 Å². The number of hydrogen-bond donors (Lipinski definition) is 0. The Morgan fingerprint density at radius 1 is 1.00 bits per heavy atom. The van der Waals surface area contributed by atoms with Crippen LogP contribution in [0.15, 0.2) is 22.7 Å². The minimum absolute atomic E-state index is 0.401. The molecule has 0 spiro atoms. The first-order chi connectivity index (χ1) is 10.1. The summed E-state index contributed by atoms with van der Waals surface area (Å²) in [5.74, 6) is 0.903. The molecule has 21 heavy (non-hydrogen) atoms. The quantitative estimate of drug-likeness (QED) is 0.530. The van der Waals surface area contributed by atoms with Crippen LogP contribution >= 0.6 is 50.7 Å². The minimum Gasteiger partial charge on any atom is -0.231 e. The van der Waals surface area contributed by atoms with Crippen molar-refractivity contribution >= 4 is 50.7 Å². The Labute approximate surface area is 147 Å². The van der Waals surface area contributed by atoms with Gasteiger partial charge in [-0.15, -0.1) is 0 Å². The molecule has 0 radical (unpaired) electrons. The van der Waals surface area contributed by atoms with E-state index >= 15 is 0 Å². The number of hydrogen-bond acceptors (Lipinski definition) is 2. The second kappa shape index (κ2) is 6.41. The van der Waals surface area contributed by atoms with Crippen molar-refractivity contribution < 1.29 is 0 Å². The molecule has 1 saturated carbocycles. The second-order valence-corrected chi connectivity index (χ2v) is 7.08. The van der Waals surface area contributed by atoms with E-state index in [4.69, 9.17) is 39.8 Å². The molecule has 0 N–H and O–H groups in total. The van der Waals surface area contributed by atoms with Crippen LogP contribution in [0.25, 0.3) is 11.4 Å². The number of halogens is 4. The van der Waals surface area contributed by atoms with Crippen LogP contribution in [0, 0.1) is 0 Å². The third-order valence-corrected chi connectivity index (χ3v) is 5.68. The maximum atomic E-state index is 6.27. The van der Waals surface area contributed by atoms with Gasteiger partial charge in [-0.1, -0.05) is 53.7 Å². The number of aromatic nitrogens is 2. The van der Waals surface area contributed by atoms with E-state index in [1.54, 1.807) is 18.2 Å². The smallest absolute Gasteiger partial charge is 0.164 e. The summed E-state index contributed by atoms with van der Waals surface area (Å²) in [6.45, 7) is 0. The zero-order chi connectivity index (χ0) is 15.0. The Balaban J connectivity index is 2.16. The minimum atomic E-state index is 0.401. The normalized spacial score (nSPS) is 15.6. The summed E-state index contributed by atoms with van der Waals surface area (Å²) in [6.07, 6.45) is 4.70. The van der Waals surface area contributed by atoms with Gasteiger partial charge in [0.05, 0.1) is 25.8 Å². The molecule has 6 heteroatoms. The standard InChI is InChI=1S/C15H12BrCl3N2/c16-12-13(8-4-1-2-5-8)20-15(21-14(12)19)11-9(17)6-3-7-10(11)18/h3,6-8H,1-2,4-5H2. The van der Waals surface area contributed by atoms with E-state index in [0.717, 1.165) is 23.0 Å². The third kappa shape index (κ3) is 3.07. The van der Waals surface area contributed by atoms with Gasteiger partial charge in [0.15, 0.2) is 5.82 Å². The number of nitrogens with zero attached hydrogens (tertiary/aromatic N) is 2. The molecule has 1 aromatic heterocycles. The predicted molar refractivity (Wildman–Crippen MR) is 91.4 cm³/mol. The second-order valence-electron chi connectivity index (χ2n) is 5.12. The van der Waals surface area contributed by atoms with Crippen LogP contribution in [0.1, 0.15) is 37.3 Å². The largest absolute Gasteiger partial charge is 0.231 e. The van der Waals surface area contributed by atoms with E-state index < -0.39 is 0 Å². The molecule has 0 amide bonds. The lowest BCUT2D eigenvalue weighted by atomic mass is 10.0. The van der Waals surface area contributed by atoms with E-state index in [-0.39, 0.29) is 0 Å². The topological polar surface area (TPSA) is 25.8 Å². The first-order valence-electron chi connectivity index (χ1n) is 6.75. The van der Waals surface area contributed by atoms with Crippen LogP contribution < -0.4 is 0 Å². The maximum absolute atomic E-state index is 6.27. The molecule has 3 rings (SSSR count). The molecule has 0 saturated heterocycles. The average molecular weight is 407 g/mol. The van der Waals surface area contributed by atoms with E-state index in [1.807, 2.05) is 0 Å². The molecule has 1 aliphatic carbocycles. The molecule has 2 nitrogen and oxygen atoms in total. The van der Waals surface area contributed by atoms with E-state index in [9.17, 15) is 0 Å². The first-order valence-corrected chi connectivity index (χ1v) is 8.68. The third-order valence-electron chi connectivity index (χ3n) is 3.76. The molecule has 2 aromatic rings. The van der Waals surface area contributed by atoms with Crippen molar-refractivity contribution in [2.75, 3.05) is 0 Å².